The van der Waals surface area contributed by atoms with Crippen molar-refractivity contribution >= 4 is 43.5 Å². The summed E-state index contributed by atoms with van der Waals surface area (Å²) >= 11 is 3.36. The molecule has 2 atom stereocenters. The first kappa shape index (κ1) is 32.9. The summed E-state index contributed by atoms with van der Waals surface area (Å²) in [4.78, 5) is 28.6. The van der Waals surface area contributed by atoms with Gasteiger partial charge < -0.3 is 19.7 Å². The van der Waals surface area contributed by atoms with Crippen molar-refractivity contribution in [2.45, 2.75) is 57.6 Å². The number of methoxy groups -OCH3 is 2. The van der Waals surface area contributed by atoms with Gasteiger partial charge in [0.2, 0.25) is 11.8 Å². The molecule has 0 saturated heterocycles. The van der Waals surface area contributed by atoms with Crippen LogP contribution >= 0.6 is 15.9 Å². The van der Waals surface area contributed by atoms with Crippen molar-refractivity contribution in [1.29, 1.82) is 0 Å². The SMILES string of the molecule is CC[C@H](C)NC(=O)[C@H](C)N(Cc1ccc(OC)cc1)C(=O)CN(c1ccc(C)cc1)S(=O)(=O)c1ccc(OC)c(Br)c1. The molecule has 9 nitrogen and oxygen atoms in total. The molecule has 0 radical (unpaired) electrons. The molecule has 11 heteroatoms. The minimum absolute atomic E-state index is 0.0205. The van der Waals surface area contributed by atoms with Crippen LogP contribution in [0.5, 0.6) is 11.5 Å². The van der Waals surface area contributed by atoms with Gasteiger partial charge in [0, 0.05) is 12.6 Å². The number of aryl methyl sites for hydroxylation is 1. The maximum absolute atomic E-state index is 14.1. The molecule has 0 bridgehead atoms. The zero-order chi connectivity index (χ0) is 31.0. The lowest BCUT2D eigenvalue weighted by Gasteiger charge is -2.32. The highest BCUT2D eigenvalue weighted by Gasteiger charge is 2.33. The Morgan fingerprint density at radius 1 is 0.952 bits per heavy atom. The van der Waals surface area contributed by atoms with Crippen molar-refractivity contribution in [2.24, 2.45) is 0 Å². The maximum atomic E-state index is 14.1. The topological polar surface area (TPSA) is 105 Å². The van der Waals surface area contributed by atoms with E-state index in [1.54, 1.807) is 56.5 Å². The largest absolute Gasteiger partial charge is 0.497 e. The van der Waals surface area contributed by atoms with Crippen molar-refractivity contribution in [1.82, 2.24) is 10.2 Å². The van der Waals surface area contributed by atoms with E-state index in [0.717, 1.165) is 21.9 Å². The van der Waals surface area contributed by atoms with E-state index >= 15 is 0 Å². The van der Waals surface area contributed by atoms with E-state index in [1.807, 2.05) is 32.9 Å². The normalized spacial score (nSPS) is 12.6. The molecule has 0 saturated carbocycles. The molecule has 0 fully saturated rings. The third kappa shape index (κ3) is 8.04. The summed E-state index contributed by atoms with van der Waals surface area (Å²) < 4.78 is 40.1. The van der Waals surface area contributed by atoms with Crippen LogP contribution in [0.3, 0.4) is 0 Å². The summed E-state index contributed by atoms with van der Waals surface area (Å²) in [6.45, 7) is 6.95. The second kappa shape index (κ2) is 14.6. The summed E-state index contributed by atoms with van der Waals surface area (Å²) in [7, 11) is -1.16. The fraction of sp³-hybridized carbons (Fsp3) is 0.355. The number of carbonyl (C=O) groups is 2. The standard InChI is InChI=1S/C31H38BrN3O6S/c1-7-22(3)33-31(37)23(4)34(19-24-10-14-26(40-5)15-11-24)30(36)20-35(25-12-8-21(2)9-13-25)42(38,39)27-16-17-29(41-6)28(32)18-27/h8-18,22-23H,7,19-20H2,1-6H3,(H,33,37)/t22-,23-/m0/s1. The summed E-state index contributed by atoms with van der Waals surface area (Å²) in [6, 6.07) is 17.5. The molecular formula is C31H38BrN3O6S. The molecule has 226 valence electrons. The highest BCUT2D eigenvalue weighted by molar-refractivity contribution is 9.10. The van der Waals surface area contributed by atoms with Crippen LogP contribution in [-0.2, 0) is 26.2 Å². The molecule has 0 spiro atoms. The van der Waals surface area contributed by atoms with Gasteiger partial charge in [0.05, 0.1) is 29.3 Å². The molecule has 0 heterocycles. The number of sulfonamides is 1. The number of halogens is 1. The van der Waals surface area contributed by atoms with Gasteiger partial charge >= 0.3 is 0 Å². The van der Waals surface area contributed by atoms with E-state index in [4.69, 9.17) is 9.47 Å². The van der Waals surface area contributed by atoms with Crippen molar-refractivity contribution in [3.63, 3.8) is 0 Å². The zero-order valence-corrected chi connectivity index (χ0v) is 27.2. The molecular weight excluding hydrogens is 622 g/mol. The molecule has 0 aromatic heterocycles. The zero-order valence-electron chi connectivity index (χ0n) is 24.8. The average molecular weight is 661 g/mol. The number of benzene rings is 3. The van der Waals surface area contributed by atoms with Gasteiger partial charge in [-0.05, 0) is 91.1 Å². The smallest absolute Gasteiger partial charge is 0.264 e. The molecule has 2 amide bonds. The van der Waals surface area contributed by atoms with E-state index in [0.29, 0.717) is 21.7 Å². The minimum Gasteiger partial charge on any atom is -0.497 e. The number of rotatable bonds is 13. The van der Waals surface area contributed by atoms with Gasteiger partial charge in [0.25, 0.3) is 10.0 Å². The van der Waals surface area contributed by atoms with E-state index in [-0.39, 0.29) is 23.4 Å². The Bertz CT molecular complexity index is 1480. The summed E-state index contributed by atoms with van der Waals surface area (Å²) in [5.41, 5.74) is 2.02. The second-order valence-electron chi connectivity index (χ2n) is 10.0. The molecule has 3 rings (SSSR count). The number of hydrogen-bond acceptors (Lipinski definition) is 6. The van der Waals surface area contributed by atoms with Gasteiger partial charge in [-0.15, -0.1) is 0 Å². The number of amides is 2. The first-order chi connectivity index (χ1) is 19.9. The Morgan fingerprint density at radius 3 is 2.14 bits per heavy atom. The van der Waals surface area contributed by atoms with Crippen molar-refractivity contribution in [3.8, 4) is 11.5 Å². The van der Waals surface area contributed by atoms with Gasteiger partial charge in [-0.25, -0.2) is 8.42 Å². The molecule has 0 aliphatic heterocycles. The van der Waals surface area contributed by atoms with E-state index in [2.05, 4.69) is 21.2 Å². The Balaban J connectivity index is 2.04. The van der Waals surface area contributed by atoms with Gasteiger partial charge in [-0.3, -0.25) is 13.9 Å². The lowest BCUT2D eigenvalue weighted by atomic mass is 10.1. The summed E-state index contributed by atoms with van der Waals surface area (Å²) in [6.07, 6.45) is 0.724. The first-order valence-corrected chi connectivity index (χ1v) is 15.8. The number of nitrogens with one attached hydrogen (secondary N) is 1. The lowest BCUT2D eigenvalue weighted by Crippen LogP contribution is -2.52. The lowest BCUT2D eigenvalue weighted by molar-refractivity contribution is -0.139. The summed E-state index contributed by atoms with van der Waals surface area (Å²) in [5.74, 6) is 0.268. The molecule has 3 aromatic rings. The number of hydrogen-bond donors (Lipinski definition) is 1. The van der Waals surface area contributed by atoms with Crippen LogP contribution in [0.4, 0.5) is 5.69 Å². The molecule has 42 heavy (non-hydrogen) atoms. The third-order valence-corrected chi connectivity index (χ3v) is 9.38. The predicted molar refractivity (Wildman–Crippen MR) is 167 cm³/mol. The van der Waals surface area contributed by atoms with Crippen LogP contribution in [-0.4, -0.2) is 58.0 Å². The molecule has 0 aliphatic rings. The number of carbonyl (C=O) groups excluding carboxylic acids is 2. The molecule has 3 aromatic carbocycles. The first-order valence-electron chi connectivity index (χ1n) is 13.6. The fourth-order valence-corrected chi connectivity index (χ4v) is 6.28. The van der Waals surface area contributed by atoms with Crippen LogP contribution in [0.2, 0.25) is 0 Å². The quantitative estimate of drug-likeness (QED) is 0.267. The van der Waals surface area contributed by atoms with Crippen molar-refractivity contribution < 1.29 is 27.5 Å². The monoisotopic (exact) mass is 659 g/mol. The van der Waals surface area contributed by atoms with Crippen LogP contribution in [0.25, 0.3) is 0 Å². The average Bonchev–Trinajstić information content (AvgIpc) is 2.98. The Hall–Kier alpha value is -3.57. The third-order valence-electron chi connectivity index (χ3n) is 6.99. The number of ether oxygens (including phenoxy) is 2. The van der Waals surface area contributed by atoms with E-state index in [1.165, 1.54) is 24.1 Å². The Kier molecular flexibility index (Phi) is 11.4. The van der Waals surface area contributed by atoms with Gasteiger partial charge in [-0.1, -0.05) is 36.8 Å². The molecule has 1 N–H and O–H groups in total. The van der Waals surface area contributed by atoms with Crippen molar-refractivity contribution in [2.75, 3.05) is 25.1 Å². The number of anilines is 1. The summed E-state index contributed by atoms with van der Waals surface area (Å²) in [5, 5.41) is 2.93. The highest BCUT2D eigenvalue weighted by atomic mass is 79.9. The van der Waals surface area contributed by atoms with Gasteiger partial charge in [-0.2, -0.15) is 0 Å². The molecule has 0 aliphatic carbocycles. The van der Waals surface area contributed by atoms with E-state index in [9.17, 15) is 18.0 Å². The van der Waals surface area contributed by atoms with E-state index < -0.39 is 28.5 Å². The van der Waals surface area contributed by atoms with Crippen LogP contribution in [0.15, 0.2) is 76.1 Å². The van der Waals surface area contributed by atoms with Crippen LogP contribution < -0.4 is 19.1 Å². The van der Waals surface area contributed by atoms with Gasteiger partial charge in [0.15, 0.2) is 0 Å². The Morgan fingerprint density at radius 2 is 1.60 bits per heavy atom. The highest BCUT2D eigenvalue weighted by Crippen LogP contribution is 2.31. The second-order valence-corrected chi connectivity index (χ2v) is 12.7. The fourth-order valence-electron chi connectivity index (χ4n) is 4.15. The Labute approximate surface area is 257 Å². The van der Waals surface area contributed by atoms with Crippen molar-refractivity contribution in [3.05, 3.63) is 82.3 Å². The minimum atomic E-state index is -4.21. The van der Waals surface area contributed by atoms with Crippen LogP contribution in [0.1, 0.15) is 38.3 Å². The maximum Gasteiger partial charge on any atom is 0.264 e. The van der Waals surface area contributed by atoms with Gasteiger partial charge in [0.1, 0.15) is 24.1 Å². The predicted octanol–water partition coefficient (Wildman–Crippen LogP) is 5.30. The van der Waals surface area contributed by atoms with Crippen LogP contribution in [0, 0.1) is 6.92 Å². The molecule has 0 unspecified atom stereocenters. The number of nitrogens with zero attached hydrogens (tertiary/aromatic N) is 2.